The lowest BCUT2D eigenvalue weighted by molar-refractivity contribution is -0.137. The van der Waals surface area contributed by atoms with Crippen molar-refractivity contribution in [3.8, 4) is 0 Å². The van der Waals surface area contributed by atoms with Gasteiger partial charge in [0.25, 0.3) is 0 Å². The third-order valence-electron chi connectivity index (χ3n) is 4.51. The van der Waals surface area contributed by atoms with E-state index < -0.39 is 11.7 Å². The minimum absolute atomic E-state index is 0.345. The second-order valence-electron chi connectivity index (χ2n) is 6.41. The fourth-order valence-corrected chi connectivity index (χ4v) is 3.23. The molecule has 0 atom stereocenters. The summed E-state index contributed by atoms with van der Waals surface area (Å²) in [4.78, 5) is 3.80. The molecule has 11 heteroatoms. The molecule has 0 aliphatic heterocycles. The highest BCUT2D eigenvalue weighted by Crippen LogP contribution is 2.29. The van der Waals surface area contributed by atoms with E-state index in [1.54, 1.807) is 6.92 Å². The minimum Gasteiger partial charge on any atom is -0.348 e. The summed E-state index contributed by atoms with van der Waals surface area (Å²) in [7, 11) is 0. The second-order valence-corrected chi connectivity index (χ2v) is 7.18. The van der Waals surface area contributed by atoms with Crippen molar-refractivity contribution in [3.05, 3.63) is 35.4 Å². The highest BCUT2D eigenvalue weighted by atomic mass is 32.1. The van der Waals surface area contributed by atoms with Crippen molar-refractivity contribution >= 4 is 46.1 Å². The van der Waals surface area contributed by atoms with Gasteiger partial charge in [0.1, 0.15) is 5.71 Å². The van der Waals surface area contributed by atoms with Crippen LogP contribution in [0.1, 0.15) is 45.7 Å². The lowest BCUT2D eigenvalue weighted by Crippen LogP contribution is -2.39. The first-order valence-corrected chi connectivity index (χ1v) is 10.8. The Kier molecular flexibility index (Phi) is 10.8. The number of nitrogens with zero attached hydrogens (tertiary/aromatic N) is 4. The standard InChI is InChI=1S/C20H29F3N6S2/c1-6-28(7-2)18(30)26-24-14(5)17(25-27-19(31)29(8-3)9-4)15-10-12-16(13-11-15)20(21,22)23/h10-13H,6-9H2,1-5H3,(H,26,30)(H,27,31)/b24-14+,25-17-. The van der Waals surface area contributed by atoms with E-state index in [2.05, 4.69) is 21.1 Å². The number of hydrazone groups is 2. The molecule has 0 aliphatic carbocycles. The van der Waals surface area contributed by atoms with E-state index in [1.807, 2.05) is 37.5 Å². The van der Waals surface area contributed by atoms with Gasteiger partial charge in [0.05, 0.1) is 11.3 Å². The Morgan fingerprint density at radius 2 is 1.26 bits per heavy atom. The Morgan fingerprint density at radius 3 is 1.65 bits per heavy atom. The lowest BCUT2D eigenvalue weighted by Gasteiger charge is -2.21. The Balaban J connectivity index is 3.23. The molecule has 0 bridgehead atoms. The first-order valence-electron chi connectivity index (χ1n) is 9.98. The van der Waals surface area contributed by atoms with Crippen molar-refractivity contribution in [2.24, 2.45) is 10.2 Å². The molecule has 172 valence electrons. The fourth-order valence-electron chi connectivity index (χ4n) is 2.62. The van der Waals surface area contributed by atoms with Gasteiger partial charge in [-0.2, -0.15) is 23.4 Å². The smallest absolute Gasteiger partial charge is 0.348 e. The van der Waals surface area contributed by atoms with Crippen LogP contribution >= 0.6 is 24.4 Å². The van der Waals surface area contributed by atoms with Crippen LogP contribution in [-0.2, 0) is 6.18 Å². The van der Waals surface area contributed by atoms with E-state index in [0.29, 0.717) is 40.3 Å². The number of hydrogen-bond donors (Lipinski definition) is 2. The SMILES string of the molecule is CCN(CC)C(=S)N/N=C(C)/C(=N/NC(=S)N(CC)CC)c1ccc(C(F)(F)F)cc1. The molecule has 0 saturated heterocycles. The van der Waals surface area contributed by atoms with Crippen molar-refractivity contribution in [2.75, 3.05) is 26.2 Å². The third kappa shape index (κ3) is 8.06. The van der Waals surface area contributed by atoms with Crippen LogP contribution in [0.5, 0.6) is 0 Å². The molecule has 0 aromatic heterocycles. The summed E-state index contributed by atoms with van der Waals surface area (Å²) >= 11 is 10.7. The van der Waals surface area contributed by atoms with Crippen LogP contribution in [-0.4, -0.2) is 57.6 Å². The van der Waals surface area contributed by atoms with Crippen molar-refractivity contribution < 1.29 is 13.2 Å². The van der Waals surface area contributed by atoms with E-state index in [0.717, 1.165) is 25.2 Å². The van der Waals surface area contributed by atoms with Crippen LogP contribution in [0.25, 0.3) is 0 Å². The largest absolute Gasteiger partial charge is 0.416 e. The average molecular weight is 475 g/mol. The maximum atomic E-state index is 12.9. The van der Waals surface area contributed by atoms with Gasteiger partial charge in [-0.3, -0.25) is 10.9 Å². The monoisotopic (exact) mass is 474 g/mol. The van der Waals surface area contributed by atoms with Gasteiger partial charge in [-0.15, -0.1) is 0 Å². The zero-order valence-corrected chi connectivity index (χ0v) is 20.0. The molecular formula is C20H29F3N6S2. The van der Waals surface area contributed by atoms with Crippen LogP contribution < -0.4 is 10.9 Å². The summed E-state index contributed by atoms with van der Waals surface area (Å²) in [6.45, 7) is 12.4. The molecule has 0 saturated carbocycles. The highest BCUT2D eigenvalue weighted by Gasteiger charge is 2.30. The summed E-state index contributed by atoms with van der Waals surface area (Å²) in [5.41, 5.74) is 6.13. The van der Waals surface area contributed by atoms with Crippen molar-refractivity contribution in [1.29, 1.82) is 0 Å². The van der Waals surface area contributed by atoms with E-state index >= 15 is 0 Å². The third-order valence-corrected chi connectivity index (χ3v) is 5.21. The second kappa shape index (κ2) is 12.6. The number of hydrogen-bond acceptors (Lipinski definition) is 4. The van der Waals surface area contributed by atoms with Crippen LogP contribution in [0.4, 0.5) is 13.2 Å². The molecule has 31 heavy (non-hydrogen) atoms. The molecule has 1 aromatic rings. The normalized spacial score (nSPS) is 12.4. The zero-order chi connectivity index (χ0) is 23.6. The van der Waals surface area contributed by atoms with Crippen LogP contribution in [0, 0.1) is 0 Å². The summed E-state index contributed by atoms with van der Waals surface area (Å²) in [6.07, 6.45) is -4.42. The number of benzene rings is 1. The number of thiocarbonyl (C=S) groups is 2. The molecule has 1 rings (SSSR count). The highest BCUT2D eigenvalue weighted by molar-refractivity contribution is 7.80. The molecule has 0 radical (unpaired) electrons. The molecule has 0 aliphatic rings. The number of alkyl halides is 3. The van der Waals surface area contributed by atoms with E-state index in [4.69, 9.17) is 24.4 Å². The molecule has 0 amide bonds. The quantitative estimate of drug-likeness (QED) is 0.334. The summed E-state index contributed by atoms with van der Waals surface area (Å²) < 4.78 is 38.8. The van der Waals surface area contributed by atoms with Crippen molar-refractivity contribution in [2.45, 2.75) is 40.8 Å². The zero-order valence-electron chi connectivity index (χ0n) is 18.4. The average Bonchev–Trinajstić information content (AvgIpc) is 2.73. The maximum absolute atomic E-state index is 12.9. The van der Waals surface area contributed by atoms with Gasteiger partial charge in [-0.25, -0.2) is 0 Å². The molecule has 0 unspecified atom stereocenters. The van der Waals surface area contributed by atoms with Gasteiger partial charge in [0.2, 0.25) is 0 Å². The molecule has 0 fully saturated rings. The Hall–Kier alpha value is -2.27. The van der Waals surface area contributed by atoms with Crippen LogP contribution in [0.2, 0.25) is 0 Å². The first kappa shape index (κ1) is 26.8. The Labute approximate surface area is 192 Å². The Morgan fingerprint density at radius 1 is 0.839 bits per heavy atom. The van der Waals surface area contributed by atoms with E-state index in [9.17, 15) is 13.2 Å². The molecule has 1 aromatic carbocycles. The summed E-state index contributed by atoms with van der Waals surface area (Å²) in [5.74, 6) is 0. The molecule has 2 N–H and O–H groups in total. The van der Waals surface area contributed by atoms with Gasteiger partial charge >= 0.3 is 6.18 Å². The molecule has 6 nitrogen and oxygen atoms in total. The minimum atomic E-state index is -4.42. The first-order chi connectivity index (χ1) is 14.6. The summed E-state index contributed by atoms with van der Waals surface area (Å²) in [5, 5.41) is 9.48. The molecular weight excluding hydrogens is 445 g/mol. The molecule has 0 heterocycles. The topological polar surface area (TPSA) is 55.3 Å². The van der Waals surface area contributed by atoms with Crippen molar-refractivity contribution in [3.63, 3.8) is 0 Å². The number of halogens is 3. The van der Waals surface area contributed by atoms with Gasteiger partial charge in [-0.05, 0) is 71.2 Å². The van der Waals surface area contributed by atoms with E-state index in [-0.39, 0.29) is 0 Å². The lowest BCUT2D eigenvalue weighted by atomic mass is 10.0. The maximum Gasteiger partial charge on any atom is 0.416 e. The number of rotatable bonds is 8. The van der Waals surface area contributed by atoms with Crippen LogP contribution in [0.3, 0.4) is 0 Å². The van der Waals surface area contributed by atoms with Crippen LogP contribution in [0.15, 0.2) is 34.5 Å². The predicted octanol–water partition coefficient (Wildman–Crippen LogP) is 4.22. The fraction of sp³-hybridized carbons (Fsp3) is 0.500. The summed E-state index contributed by atoms with van der Waals surface area (Å²) in [6, 6.07) is 4.72. The van der Waals surface area contributed by atoms with Gasteiger partial charge in [0, 0.05) is 31.7 Å². The van der Waals surface area contributed by atoms with Gasteiger partial charge in [0.15, 0.2) is 10.2 Å². The Bertz CT molecular complexity index is 798. The van der Waals surface area contributed by atoms with E-state index in [1.165, 1.54) is 12.1 Å². The van der Waals surface area contributed by atoms with Gasteiger partial charge < -0.3 is 9.80 Å². The predicted molar refractivity (Wildman–Crippen MR) is 128 cm³/mol. The molecule has 0 spiro atoms. The van der Waals surface area contributed by atoms with Gasteiger partial charge in [-0.1, -0.05) is 12.1 Å². The van der Waals surface area contributed by atoms with Crippen molar-refractivity contribution in [1.82, 2.24) is 20.7 Å². The number of nitrogens with one attached hydrogen (secondary N) is 2.